The Labute approximate surface area is 219 Å². The Hall–Kier alpha value is 0.267. The zero-order valence-electron chi connectivity index (χ0n) is 23.5. The van der Waals surface area contributed by atoms with Gasteiger partial charge in [0.15, 0.2) is 0 Å². The summed E-state index contributed by atoms with van der Waals surface area (Å²) in [6.07, 6.45) is 22.9. The van der Waals surface area contributed by atoms with E-state index in [1.165, 1.54) is 96.3 Å². The third-order valence-corrected chi connectivity index (χ3v) is 9.76. The molecule has 0 bridgehead atoms. The van der Waals surface area contributed by atoms with Gasteiger partial charge in [-0.15, -0.1) is 0 Å². The fourth-order valence-electron chi connectivity index (χ4n) is 4.54. The molecule has 0 unspecified atom stereocenters. The zero-order chi connectivity index (χ0) is 24.7. The SMILES string of the molecule is CCCCCCCCCCCCCCCCCC[N+](CCC[Si](OC)(OC)OC)(OC)OC.[Cl-]. The lowest BCUT2D eigenvalue weighted by Gasteiger charge is -2.31. The largest absolute Gasteiger partial charge is 1.00 e. The van der Waals surface area contributed by atoms with Crippen molar-refractivity contribution in [2.45, 2.75) is 122 Å². The highest BCUT2D eigenvalue weighted by atomic mass is 35.5. The summed E-state index contributed by atoms with van der Waals surface area (Å²) in [5.74, 6) is 0. The summed E-state index contributed by atoms with van der Waals surface area (Å²) < 4.78 is 16.6. The Balaban J connectivity index is 0. The topological polar surface area (TPSA) is 46.2 Å². The number of hydroxylamine groups is 4. The number of halogens is 1. The molecular weight excluding hydrogens is 470 g/mol. The van der Waals surface area contributed by atoms with Gasteiger partial charge in [-0.2, -0.15) is 9.68 Å². The smallest absolute Gasteiger partial charge is 0.500 e. The Morgan fingerprint density at radius 1 is 0.471 bits per heavy atom. The molecular formula is C26H58ClNO5Si. The Kier molecular flexibility index (Phi) is 26.7. The molecule has 0 radical (unpaired) electrons. The molecule has 0 aliphatic rings. The van der Waals surface area contributed by atoms with Crippen molar-refractivity contribution in [2.24, 2.45) is 0 Å². The average molecular weight is 528 g/mol. The normalized spacial score (nSPS) is 12.2. The highest BCUT2D eigenvalue weighted by molar-refractivity contribution is 6.60. The van der Waals surface area contributed by atoms with Crippen LogP contribution in [0.25, 0.3) is 0 Å². The van der Waals surface area contributed by atoms with Crippen LogP contribution in [-0.2, 0) is 23.0 Å². The van der Waals surface area contributed by atoms with Crippen LogP contribution in [0.15, 0.2) is 0 Å². The van der Waals surface area contributed by atoms with Gasteiger partial charge in [0.2, 0.25) is 0 Å². The van der Waals surface area contributed by atoms with Crippen molar-refractivity contribution in [1.82, 2.24) is 0 Å². The number of rotatable bonds is 26. The van der Waals surface area contributed by atoms with E-state index in [1.807, 2.05) is 0 Å². The lowest BCUT2D eigenvalue weighted by atomic mass is 10.0. The van der Waals surface area contributed by atoms with Crippen LogP contribution in [0.1, 0.15) is 116 Å². The molecule has 0 rings (SSSR count). The van der Waals surface area contributed by atoms with Crippen LogP contribution >= 0.6 is 0 Å². The van der Waals surface area contributed by atoms with E-state index in [4.69, 9.17) is 23.0 Å². The predicted molar refractivity (Wildman–Crippen MR) is 140 cm³/mol. The molecule has 6 nitrogen and oxygen atoms in total. The fraction of sp³-hybridized carbons (Fsp3) is 1.00. The Morgan fingerprint density at radius 2 is 0.794 bits per heavy atom. The molecule has 0 atom stereocenters. The second-order valence-corrected chi connectivity index (χ2v) is 12.4. The van der Waals surface area contributed by atoms with Crippen LogP contribution in [0.5, 0.6) is 0 Å². The van der Waals surface area contributed by atoms with E-state index in [0.717, 1.165) is 32.0 Å². The maximum atomic E-state index is 5.74. The quantitative estimate of drug-likeness (QED) is 0.0719. The Morgan fingerprint density at radius 3 is 1.12 bits per heavy atom. The van der Waals surface area contributed by atoms with Gasteiger partial charge >= 0.3 is 8.80 Å². The van der Waals surface area contributed by atoms with Crippen molar-refractivity contribution in [3.05, 3.63) is 0 Å². The molecule has 208 valence electrons. The van der Waals surface area contributed by atoms with Gasteiger partial charge in [0.05, 0.1) is 14.2 Å². The van der Waals surface area contributed by atoms with Gasteiger partial charge in [0.25, 0.3) is 0 Å². The summed E-state index contributed by atoms with van der Waals surface area (Å²) in [5.41, 5.74) is 0. The van der Waals surface area contributed by atoms with Crippen molar-refractivity contribution in [3.63, 3.8) is 0 Å². The molecule has 0 aliphatic heterocycles. The van der Waals surface area contributed by atoms with Crippen molar-refractivity contribution >= 4 is 8.80 Å². The average Bonchev–Trinajstić information content (AvgIpc) is 2.85. The van der Waals surface area contributed by atoms with E-state index in [2.05, 4.69) is 6.92 Å². The molecule has 0 aliphatic carbocycles. The van der Waals surface area contributed by atoms with Crippen molar-refractivity contribution in [1.29, 1.82) is 0 Å². The lowest BCUT2D eigenvalue weighted by Crippen LogP contribution is -3.00. The molecule has 0 saturated heterocycles. The minimum absolute atomic E-state index is 0. The van der Waals surface area contributed by atoms with Gasteiger partial charge in [-0.05, 0) is 11.2 Å². The van der Waals surface area contributed by atoms with E-state index in [1.54, 1.807) is 35.5 Å². The first-order chi connectivity index (χ1) is 16.1. The number of nitrogens with zero attached hydrogens (tertiary/aromatic N) is 1. The molecule has 34 heavy (non-hydrogen) atoms. The lowest BCUT2D eigenvalue weighted by molar-refractivity contribution is -1.24. The van der Waals surface area contributed by atoms with E-state index in [-0.39, 0.29) is 17.2 Å². The maximum Gasteiger partial charge on any atom is 0.500 e. The van der Waals surface area contributed by atoms with Gasteiger partial charge < -0.3 is 25.7 Å². The first-order valence-electron chi connectivity index (χ1n) is 13.7. The van der Waals surface area contributed by atoms with Gasteiger partial charge in [-0.3, -0.25) is 0 Å². The molecule has 0 amide bonds. The monoisotopic (exact) mass is 527 g/mol. The summed E-state index contributed by atoms with van der Waals surface area (Å²) in [7, 11) is 5.88. The van der Waals surface area contributed by atoms with Crippen molar-refractivity contribution < 1.29 is 40.2 Å². The standard InChI is InChI=1S/C26H58NO5Si.ClH/c1-7-8-9-10-11-12-13-14-15-16-17-18-19-20-21-22-24-27(28-2,29-3)25-23-26-33(30-4,31-5)32-6;/h7-26H2,1-6H3;1H/q+1;/p-1. The molecule has 0 spiro atoms. The number of hydrogen-bond acceptors (Lipinski definition) is 5. The molecule has 8 heteroatoms. The second-order valence-electron chi connectivity index (χ2n) is 9.33. The fourth-order valence-corrected chi connectivity index (χ4v) is 6.25. The van der Waals surface area contributed by atoms with Crippen LogP contribution in [0, 0.1) is 0 Å². The number of unbranched alkanes of at least 4 members (excludes halogenated alkanes) is 15. The van der Waals surface area contributed by atoms with Crippen LogP contribution in [0.4, 0.5) is 0 Å². The summed E-state index contributed by atoms with van der Waals surface area (Å²) in [4.78, 5) is 11.7. The highest BCUT2D eigenvalue weighted by Crippen LogP contribution is 2.20. The van der Waals surface area contributed by atoms with Crippen LogP contribution in [-0.4, -0.2) is 62.3 Å². The zero-order valence-corrected chi connectivity index (χ0v) is 25.3. The molecule has 0 heterocycles. The van der Waals surface area contributed by atoms with Crippen molar-refractivity contribution in [2.75, 3.05) is 48.6 Å². The van der Waals surface area contributed by atoms with Crippen molar-refractivity contribution in [3.8, 4) is 0 Å². The van der Waals surface area contributed by atoms with E-state index >= 15 is 0 Å². The molecule has 0 fully saturated rings. The van der Waals surface area contributed by atoms with Crippen LogP contribution in [0.2, 0.25) is 6.04 Å². The molecule has 0 aromatic carbocycles. The third-order valence-electron chi connectivity index (χ3n) is 6.93. The molecule has 0 aromatic rings. The summed E-state index contributed by atoms with van der Waals surface area (Å²) in [6.45, 7) is 3.92. The van der Waals surface area contributed by atoms with Crippen LogP contribution in [0.3, 0.4) is 0 Å². The van der Waals surface area contributed by atoms with Gasteiger partial charge in [0, 0.05) is 40.2 Å². The number of quaternary nitrogens is 1. The predicted octanol–water partition coefficient (Wildman–Crippen LogP) is 4.46. The molecule has 0 N–H and O–H groups in total. The summed E-state index contributed by atoms with van der Waals surface area (Å²) >= 11 is 0. The summed E-state index contributed by atoms with van der Waals surface area (Å²) in [6, 6.07) is 0.752. The highest BCUT2D eigenvalue weighted by Gasteiger charge is 2.39. The number of hydrogen-bond donors (Lipinski definition) is 0. The summed E-state index contributed by atoms with van der Waals surface area (Å²) in [5, 5.41) is 0. The second kappa shape index (κ2) is 24.9. The van der Waals surface area contributed by atoms with Gasteiger partial charge in [-0.1, -0.05) is 96.8 Å². The molecule has 0 aromatic heterocycles. The first kappa shape index (κ1) is 36.4. The van der Waals surface area contributed by atoms with Gasteiger partial charge in [-0.25, -0.2) is 0 Å². The third kappa shape index (κ3) is 17.7. The minimum Gasteiger partial charge on any atom is -1.00 e. The minimum atomic E-state index is -2.54. The Bertz CT molecular complexity index is 404. The maximum absolute atomic E-state index is 5.74. The van der Waals surface area contributed by atoms with Gasteiger partial charge in [0.1, 0.15) is 13.1 Å². The van der Waals surface area contributed by atoms with E-state index < -0.39 is 8.80 Å². The first-order valence-corrected chi connectivity index (χ1v) is 15.6. The van der Waals surface area contributed by atoms with E-state index in [9.17, 15) is 0 Å². The molecule has 0 saturated carbocycles. The van der Waals surface area contributed by atoms with Crippen LogP contribution < -0.4 is 12.4 Å². The van der Waals surface area contributed by atoms with E-state index in [0.29, 0.717) is 0 Å².